The van der Waals surface area contributed by atoms with Crippen molar-refractivity contribution < 1.29 is 4.92 Å². The van der Waals surface area contributed by atoms with Crippen LogP contribution in [0, 0.1) is 24.0 Å². The molecule has 0 saturated heterocycles. The number of hydrogen-bond acceptors (Lipinski definition) is 3. The Kier molecular flexibility index (Phi) is 1.61. The number of aryl methyl sites for hydroxylation is 1. The molecule has 0 N–H and O–H groups in total. The molecule has 0 aromatic carbocycles. The maximum absolute atomic E-state index is 10.7. The maximum atomic E-state index is 10.7. The van der Waals surface area contributed by atoms with Crippen LogP contribution < -0.4 is 0 Å². The molecule has 0 aliphatic heterocycles. The number of hydrogen-bond donors (Lipinski definition) is 0. The summed E-state index contributed by atoms with van der Waals surface area (Å²) in [5.41, 5.74) is 1.38. The van der Waals surface area contributed by atoms with Gasteiger partial charge in [0, 0.05) is 0 Å². The second-order valence-corrected chi connectivity index (χ2v) is 3.45. The van der Waals surface area contributed by atoms with Crippen LogP contribution in [0.1, 0.15) is 30.3 Å². The topological polar surface area (TPSA) is 61.0 Å². The second kappa shape index (κ2) is 2.55. The van der Waals surface area contributed by atoms with Gasteiger partial charge < -0.3 is 0 Å². The van der Waals surface area contributed by atoms with E-state index in [9.17, 15) is 10.1 Å². The van der Waals surface area contributed by atoms with E-state index in [0.29, 0.717) is 17.4 Å². The van der Waals surface area contributed by atoms with E-state index in [0.717, 1.165) is 12.8 Å². The highest BCUT2D eigenvalue weighted by Gasteiger charge is 2.31. The van der Waals surface area contributed by atoms with Gasteiger partial charge in [0.1, 0.15) is 11.4 Å². The average Bonchev–Trinajstić information content (AvgIpc) is 2.78. The van der Waals surface area contributed by atoms with E-state index in [1.54, 1.807) is 18.5 Å². The lowest BCUT2D eigenvalue weighted by Gasteiger charge is -1.97. The molecule has 0 spiro atoms. The van der Waals surface area contributed by atoms with Crippen molar-refractivity contribution in [2.45, 2.75) is 32.7 Å². The van der Waals surface area contributed by atoms with Crippen LogP contribution in [0.5, 0.6) is 0 Å². The summed E-state index contributed by atoms with van der Waals surface area (Å²) in [5, 5.41) is 14.8. The molecule has 5 nitrogen and oxygen atoms in total. The Morgan fingerprint density at radius 3 is 2.54 bits per heavy atom. The Morgan fingerprint density at radius 2 is 2.15 bits per heavy atom. The van der Waals surface area contributed by atoms with Gasteiger partial charge in [0.2, 0.25) is 0 Å². The molecule has 1 aliphatic rings. The van der Waals surface area contributed by atoms with Crippen molar-refractivity contribution in [2.24, 2.45) is 0 Å². The fourth-order valence-electron chi connectivity index (χ4n) is 1.59. The zero-order valence-corrected chi connectivity index (χ0v) is 7.65. The third-order valence-electron chi connectivity index (χ3n) is 2.36. The molecule has 2 rings (SSSR count). The van der Waals surface area contributed by atoms with Crippen LogP contribution >= 0.6 is 0 Å². The minimum atomic E-state index is -0.351. The van der Waals surface area contributed by atoms with Crippen molar-refractivity contribution in [1.29, 1.82) is 0 Å². The number of nitro groups is 1. The average molecular weight is 181 g/mol. The molecule has 0 bridgehead atoms. The molecule has 0 amide bonds. The molecule has 70 valence electrons. The lowest BCUT2D eigenvalue weighted by molar-refractivity contribution is -0.386. The van der Waals surface area contributed by atoms with Crippen molar-refractivity contribution in [2.75, 3.05) is 0 Å². The van der Waals surface area contributed by atoms with Crippen LogP contribution in [0.25, 0.3) is 0 Å². The van der Waals surface area contributed by atoms with E-state index in [2.05, 4.69) is 5.10 Å². The lowest BCUT2D eigenvalue weighted by Crippen LogP contribution is -1.99. The molecule has 1 aromatic heterocycles. The number of nitrogens with zero attached hydrogens (tertiary/aromatic N) is 3. The summed E-state index contributed by atoms with van der Waals surface area (Å²) < 4.78 is 1.79. The van der Waals surface area contributed by atoms with E-state index >= 15 is 0 Å². The third kappa shape index (κ3) is 1.20. The smallest absolute Gasteiger partial charge is 0.259 e. The fraction of sp³-hybridized carbons (Fsp3) is 0.625. The Hall–Kier alpha value is -1.39. The van der Waals surface area contributed by atoms with Crippen LogP contribution in [-0.4, -0.2) is 14.7 Å². The van der Waals surface area contributed by atoms with Gasteiger partial charge in [-0.25, -0.2) is 0 Å². The second-order valence-electron chi connectivity index (χ2n) is 3.45. The first-order valence-electron chi connectivity index (χ1n) is 4.31. The largest absolute Gasteiger partial charge is 0.312 e. The fourth-order valence-corrected chi connectivity index (χ4v) is 1.59. The zero-order chi connectivity index (χ0) is 9.59. The summed E-state index contributed by atoms with van der Waals surface area (Å²) >= 11 is 0. The summed E-state index contributed by atoms with van der Waals surface area (Å²) in [6.45, 7) is 3.44. The molecular weight excluding hydrogens is 170 g/mol. The summed E-state index contributed by atoms with van der Waals surface area (Å²) in [5.74, 6) is 0. The van der Waals surface area contributed by atoms with Gasteiger partial charge in [-0.05, 0) is 26.7 Å². The highest BCUT2D eigenvalue weighted by molar-refractivity contribution is 5.40. The molecule has 1 fully saturated rings. The molecule has 13 heavy (non-hydrogen) atoms. The summed E-state index contributed by atoms with van der Waals surface area (Å²) in [4.78, 5) is 10.3. The molecule has 5 heteroatoms. The highest BCUT2D eigenvalue weighted by atomic mass is 16.6. The quantitative estimate of drug-likeness (QED) is 0.515. The Bertz CT molecular complexity index is 366. The first-order chi connectivity index (χ1) is 6.11. The zero-order valence-electron chi connectivity index (χ0n) is 7.65. The number of aromatic nitrogens is 2. The van der Waals surface area contributed by atoms with Crippen molar-refractivity contribution in [3.05, 3.63) is 21.5 Å². The molecule has 0 radical (unpaired) electrons. The lowest BCUT2D eigenvalue weighted by atomic mass is 10.3. The molecular formula is C8H11N3O2. The number of rotatable bonds is 2. The molecule has 1 saturated carbocycles. The van der Waals surface area contributed by atoms with Gasteiger partial charge in [-0.3, -0.25) is 14.8 Å². The molecule has 1 aromatic rings. The summed E-state index contributed by atoms with van der Waals surface area (Å²) in [6.07, 6.45) is 2.19. The summed E-state index contributed by atoms with van der Waals surface area (Å²) in [6, 6.07) is 0.410. The molecule has 0 atom stereocenters. The third-order valence-corrected chi connectivity index (χ3v) is 2.36. The Balaban J connectivity index is 2.50. The first-order valence-corrected chi connectivity index (χ1v) is 4.31. The van der Waals surface area contributed by atoms with Gasteiger partial charge in [-0.15, -0.1) is 0 Å². The van der Waals surface area contributed by atoms with Gasteiger partial charge in [0.15, 0.2) is 0 Å². The van der Waals surface area contributed by atoms with Crippen molar-refractivity contribution in [3.63, 3.8) is 0 Å². The van der Waals surface area contributed by atoms with Crippen LogP contribution in [0.2, 0.25) is 0 Å². The Labute approximate surface area is 75.5 Å². The molecule has 1 heterocycles. The van der Waals surface area contributed by atoms with Crippen LogP contribution in [0.15, 0.2) is 0 Å². The molecule has 1 aliphatic carbocycles. The minimum absolute atomic E-state index is 0.173. The Morgan fingerprint density at radius 1 is 1.54 bits per heavy atom. The van der Waals surface area contributed by atoms with Gasteiger partial charge in [-0.1, -0.05) is 0 Å². The SMILES string of the molecule is Cc1nn(C2CC2)c(C)c1[N+](=O)[O-]. The highest BCUT2D eigenvalue weighted by Crippen LogP contribution is 2.37. The maximum Gasteiger partial charge on any atom is 0.312 e. The van der Waals surface area contributed by atoms with E-state index in [-0.39, 0.29) is 10.6 Å². The van der Waals surface area contributed by atoms with Gasteiger partial charge in [-0.2, -0.15) is 5.10 Å². The van der Waals surface area contributed by atoms with Crippen molar-refractivity contribution in [1.82, 2.24) is 9.78 Å². The standard InChI is InChI=1S/C8H11N3O2/c1-5-8(11(12)13)6(2)10(9-5)7-3-4-7/h7H,3-4H2,1-2H3. The minimum Gasteiger partial charge on any atom is -0.259 e. The van der Waals surface area contributed by atoms with E-state index in [1.165, 1.54) is 0 Å². The first kappa shape index (κ1) is 8.22. The van der Waals surface area contributed by atoms with Gasteiger partial charge >= 0.3 is 5.69 Å². The predicted molar refractivity (Wildman–Crippen MR) is 46.6 cm³/mol. The molecule has 0 unspecified atom stereocenters. The van der Waals surface area contributed by atoms with E-state index in [4.69, 9.17) is 0 Å². The predicted octanol–water partition coefficient (Wildman–Crippen LogP) is 1.74. The van der Waals surface area contributed by atoms with Gasteiger partial charge in [0.05, 0.1) is 11.0 Å². The summed E-state index contributed by atoms with van der Waals surface area (Å²) in [7, 11) is 0. The van der Waals surface area contributed by atoms with Crippen molar-refractivity contribution in [3.8, 4) is 0 Å². The van der Waals surface area contributed by atoms with Gasteiger partial charge in [0.25, 0.3) is 0 Å². The van der Waals surface area contributed by atoms with Crippen LogP contribution in [0.3, 0.4) is 0 Å². The van der Waals surface area contributed by atoms with E-state index in [1.807, 2.05) is 0 Å². The van der Waals surface area contributed by atoms with Crippen LogP contribution in [-0.2, 0) is 0 Å². The monoisotopic (exact) mass is 181 g/mol. The van der Waals surface area contributed by atoms with Crippen molar-refractivity contribution >= 4 is 5.69 Å². The van der Waals surface area contributed by atoms with E-state index < -0.39 is 0 Å². The van der Waals surface area contributed by atoms with Crippen LogP contribution in [0.4, 0.5) is 5.69 Å². The normalized spacial score (nSPS) is 16.2.